The largest absolute Gasteiger partial charge is 0.401 e. The maximum absolute atomic E-state index is 12.5. The molecule has 0 saturated heterocycles. The lowest BCUT2D eigenvalue weighted by atomic mass is 9.90. The van der Waals surface area contributed by atoms with Crippen molar-refractivity contribution in [2.24, 2.45) is 0 Å². The van der Waals surface area contributed by atoms with E-state index in [1.807, 2.05) is 20.8 Å². The van der Waals surface area contributed by atoms with Crippen molar-refractivity contribution in [1.29, 1.82) is 0 Å². The fourth-order valence-corrected chi connectivity index (χ4v) is 2.57. The molecule has 0 saturated carbocycles. The van der Waals surface area contributed by atoms with Crippen LogP contribution in [0.1, 0.15) is 53.9 Å². The summed E-state index contributed by atoms with van der Waals surface area (Å²) in [5, 5.41) is 13.0. The summed E-state index contributed by atoms with van der Waals surface area (Å²) < 4.78 is 37.6. The van der Waals surface area contributed by atoms with E-state index in [4.69, 9.17) is 0 Å². The zero-order chi connectivity index (χ0) is 16.7. The molecule has 0 fully saturated rings. The fraction of sp³-hybridized carbons (Fsp3) is 1.00. The molecule has 0 aliphatic carbocycles. The summed E-state index contributed by atoms with van der Waals surface area (Å²) in [4.78, 5) is 1.44. The highest BCUT2D eigenvalue weighted by Crippen LogP contribution is 2.21. The lowest BCUT2D eigenvalue weighted by Gasteiger charge is -2.35. The van der Waals surface area contributed by atoms with Gasteiger partial charge in [0, 0.05) is 17.6 Å². The summed E-state index contributed by atoms with van der Waals surface area (Å²) in [6.07, 6.45) is -2.12. The van der Waals surface area contributed by atoms with Crippen LogP contribution in [-0.4, -0.2) is 53.5 Å². The Balaban J connectivity index is 4.51. The first-order chi connectivity index (χ1) is 9.55. The Labute approximate surface area is 126 Å². The second-order valence-corrected chi connectivity index (χ2v) is 6.37. The number of halogens is 3. The number of hydrogen-bond donors (Lipinski definition) is 2. The first-order valence-corrected chi connectivity index (χ1v) is 7.74. The molecule has 1 unspecified atom stereocenters. The van der Waals surface area contributed by atoms with Crippen molar-refractivity contribution in [3.8, 4) is 0 Å². The molecule has 0 spiro atoms. The van der Waals surface area contributed by atoms with Gasteiger partial charge >= 0.3 is 6.18 Å². The Hall–Kier alpha value is -0.330. The average Bonchev–Trinajstić information content (AvgIpc) is 2.34. The van der Waals surface area contributed by atoms with Crippen LogP contribution in [0, 0.1) is 0 Å². The van der Waals surface area contributed by atoms with Crippen LogP contribution in [0.25, 0.3) is 0 Å². The molecule has 128 valence electrons. The maximum atomic E-state index is 12.5. The third kappa shape index (κ3) is 8.63. The van der Waals surface area contributed by atoms with Gasteiger partial charge in [-0.25, -0.2) is 0 Å². The van der Waals surface area contributed by atoms with Gasteiger partial charge in [-0.05, 0) is 39.7 Å². The Bertz CT molecular complexity index is 277. The molecule has 21 heavy (non-hydrogen) atoms. The normalized spacial score (nSPS) is 16.0. The van der Waals surface area contributed by atoms with Crippen LogP contribution < -0.4 is 5.32 Å². The van der Waals surface area contributed by atoms with E-state index in [0.717, 1.165) is 6.42 Å². The highest BCUT2D eigenvalue weighted by atomic mass is 19.4. The summed E-state index contributed by atoms with van der Waals surface area (Å²) >= 11 is 0. The molecule has 0 aliphatic rings. The Morgan fingerprint density at radius 1 is 1.14 bits per heavy atom. The zero-order valence-electron chi connectivity index (χ0n) is 13.9. The number of aliphatic hydroxyl groups is 1. The van der Waals surface area contributed by atoms with E-state index in [9.17, 15) is 18.3 Å². The Morgan fingerprint density at radius 3 is 2.05 bits per heavy atom. The second-order valence-electron chi connectivity index (χ2n) is 6.37. The molecular formula is C15H31F3N2O. The monoisotopic (exact) mass is 312 g/mol. The van der Waals surface area contributed by atoms with Crippen molar-refractivity contribution in [2.75, 3.05) is 19.7 Å². The molecule has 3 nitrogen and oxygen atoms in total. The SMILES string of the molecule is CCC(CO)(CCCN(CC(F)(F)F)C(C)C)NC(C)C. The van der Waals surface area contributed by atoms with Crippen molar-refractivity contribution < 1.29 is 18.3 Å². The standard InChI is InChI=1S/C15H31F3N2O/c1-6-14(11-21,19-12(2)3)8-7-9-20(13(4)5)10-15(16,17)18/h12-13,19,21H,6-11H2,1-5H3. The van der Waals surface area contributed by atoms with Crippen LogP contribution in [0.4, 0.5) is 13.2 Å². The highest BCUT2D eigenvalue weighted by Gasteiger charge is 2.32. The van der Waals surface area contributed by atoms with Gasteiger partial charge in [0.2, 0.25) is 0 Å². The van der Waals surface area contributed by atoms with Crippen LogP contribution in [0.5, 0.6) is 0 Å². The van der Waals surface area contributed by atoms with Gasteiger partial charge in [0.25, 0.3) is 0 Å². The second kappa shape index (κ2) is 8.96. The topological polar surface area (TPSA) is 35.5 Å². The Morgan fingerprint density at radius 2 is 1.71 bits per heavy atom. The predicted molar refractivity (Wildman–Crippen MR) is 80.4 cm³/mol. The van der Waals surface area contributed by atoms with Gasteiger partial charge in [-0.15, -0.1) is 0 Å². The quantitative estimate of drug-likeness (QED) is 0.650. The minimum absolute atomic E-state index is 0.00261. The molecule has 0 aliphatic heterocycles. The number of alkyl halides is 3. The van der Waals surface area contributed by atoms with Gasteiger partial charge in [-0.2, -0.15) is 13.2 Å². The van der Waals surface area contributed by atoms with Crippen molar-refractivity contribution >= 4 is 0 Å². The molecule has 2 N–H and O–H groups in total. The lowest BCUT2D eigenvalue weighted by molar-refractivity contribution is -0.149. The van der Waals surface area contributed by atoms with E-state index in [-0.39, 0.29) is 18.7 Å². The van der Waals surface area contributed by atoms with Crippen molar-refractivity contribution in [3.63, 3.8) is 0 Å². The van der Waals surface area contributed by atoms with Crippen LogP contribution >= 0.6 is 0 Å². The summed E-state index contributed by atoms with van der Waals surface area (Å²) in [6.45, 7) is 9.06. The van der Waals surface area contributed by atoms with Gasteiger partial charge in [0.1, 0.15) is 0 Å². The molecule has 0 aromatic heterocycles. The maximum Gasteiger partial charge on any atom is 0.401 e. The van der Waals surface area contributed by atoms with Crippen molar-refractivity contribution in [1.82, 2.24) is 10.2 Å². The predicted octanol–water partition coefficient (Wildman–Crippen LogP) is 3.18. The smallest absolute Gasteiger partial charge is 0.394 e. The van der Waals surface area contributed by atoms with Crippen molar-refractivity contribution in [2.45, 2.75) is 77.7 Å². The van der Waals surface area contributed by atoms with E-state index in [1.165, 1.54) is 4.90 Å². The summed E-state index contributed by atoms with van der Waals surface area (Å²) in [7, 11) is 0. The van der Waals surface area contributed by atoms with E-state index in [1.54, 1.807) is 13.8 Å². The van der Waals surface area contributed by atoms with Gasteiger partial charge in [0.05, 0.1) is 13.2 Å². The molecule has 0 heterocycles. The molecular weight excluding hydrogens is 281 g/mol. The Kier molecular flexibility index (Phi) is 8.81. The zero-order valence-corrected chi connectivity index (χ0v) is 13.9. The van der Waals surface area contributed by atoms with Crippen molar-refractivity contribution in [3.05, 3.63) is 0 Å². The van der Waals surface area contributed by atoms with Gasteiger partial charge in [-0.3, -0.25) is 4.90 Å². The van der Waals surface area contributed by atoms with E-state index in [0.29, 0.717) is 19.4 Å². The molecule has 0 rings (SSSR count). The summed E-state index contributed by atoms with van der Waals surface area (Å²) in [6, 6.07) is 0.0864. The van der Waals surface area contributed by atoms with E-state index < -0.39 is 18.3 Å². The van der Waals surface area contributed by atoms with Gasteiger partial charge in [0.15, 0.2) is 0 Å². The molecule has 0 amide bonds. The fourth-order valence-electron chi connectivity index (χ4n) is 2.57. The first-order valence-electron chi connectivity index (χ1n) is 7.74. The number of hydrogen-bond acceptors (Lipinski definition) is 3. The van der Waals surface area contributed by atoms with Crippen LogP contribution in [0.3, 0.4) is 0 Å². The first kappa shape index (κ1) is 20.7. The molecule has 0 radical (unpaired) electrons. The molecule has 0 bridgehead atoms. The third-order valence-corrected chi connectivity index (χ3v) is 3.79. The molecule has 1 atom stereocenters. The van der Waals surface area contributed by atoms with E-state index in [2.05, 4.69) is 5.32 Å². The lowest BCUT2D eigenvalue weighted by Crippen LogP contribution is -2.51. The van der Waals surface area contributed by atoms with Gasteiger partial charge in [-0.1, -0.05) is 20.8 Å². The molecule has 0 aromatic carbocycles. The third-order valence-electron chi connectivity index (χ3n) is 3.79. The summed E-state index contributed by atoms with van der Waals surface area (Å²) in [5.74, 6) is 0. The number of nitrogens with zero attached hydrogens (tertiary/aromatic N) is 1. The minimum atomic E-state index is -4.17. The number of aliphatic hydroxyl groups excluding tert-OH is 1. The van der Waals surface area contributed by atoms with E-state index >= 15 is 0 Å². The minimum Gasteiger partial charge on any atom is -0.394 e. The van der Waals surface area contributed by atoms with Crippen LogP contribution in [-0.2, 0) is 0 Å². The summed E-state index contributed by atoms with van der Waals surface area (Å²) in [5.41, 5.74) is -0.394. The molecule has 0 aromatic rings. The molecule has 6 heteroatoms. The highest BCUT2D eigenvalue weighted by molar-refractivity contribution is 4.88. The van der Waals surface area contributed by atoms with Gasteiger partial charge < -0.3 is 10.4 Å². The number of rotatable bonds is 10. The average molecular weight is 312 g/mol. The number of nitrogens with one attached hydrogen (secondary N) is 1. The van der Waals surface area contributed by atoms with Crippen LogP contribution in [0.2, 0.25) is 0 Å². The van der Waals surface area contributed by atoms with Crippen LogP contribution in [0.15, 0.2) is 0 Å².